The second kappa shape index (κ2) is 7.69. The number of carbonyl (C=O) groups is 2. The van der Waals surface area contributed by atoms with Gasteiger partial charge in [-0.2, -0.15) is 0 Å². The monoisotopic (exact) mass is 330 g/mol. The molecule has 2 fully saturated rings. The quantitative estimate of drug-likeness (QED) is 0.805. The summed E-state index contributed by atoms with van der Waals surface area (Å²) in [4.78, 5) is 28.6. The Balaban J connectivity index is 1.63. The van der Waals surface area contributed by atoms with Gasteiger partial charge in [0, 0.05) is 25.6 Å². The Bertz CT molecular complexity index is 581. The van der Waals surface area contributed by atoms with E-state index in [-0.39, 0.29) is 18.4 Å². The van der Waals surface area contributed by atoms with Crippen molar-refractivity contribution in [1.82, 2.24) is 9.80 Å². The van der Waals surface area contributed by atoms with Gasteiger partial charge in [-0.15, -0.1) is 0 Å². The zero-order valence-electron chi connectivity index (χ0n) is 14.4. The van der Waals surface area contributed by atoms with Crippen LogP contribution in [0.1, 0.15) is 44.1 Å². The standard InChI is InChI=1S/C19H26N2O3/c1-24-17-10-6-15(7-11-17)13-21(16-8-9-16)19(23)14-20-12-4-2-3-5-18(20)22/h6-7,10-11,16H,2-5,8-9,12-14H2,1H3. The number of hydrogen-bond donors (Lipinski definition) is 0. The van der Waals surface area contributed by atoms with Gasteiger partial charge in [0.05, 0.1) is 13.7 Å². The maximum atomic E-state index is 12.8. The van der Waals surface area contributed by atoms with Crippen LogP contribution in [0.5, 0.6) is 5.75 Å². The van der Waals surface area contributed by atoms with Crippen molar-refractivity contribution in [3.8, 4) is 5.75 Å². The van der Waals surface area contributed by atoms with Crippen LogP contribution in [0, 0.1) is 0 Å². The number of carbonyl (C=O) groups excluding carboxylic acids is 2. The van der Waals surface area contributed by atoms with Crippen LogP contribution in [0.4, 0.5) is 0 Å². The van der Waals surface area contributed by atoms with Crippen molar-refractivity contribution in [2.24, 2.45) is 0 Å². The highest BCUT2D eigenvalue weighted by atomic mass is 16.5. The van der Waals surface area contributed by atoms with E-state index in [1.54, 1.807) is 12.0 Å². The average molecular weight is 330 g/mol. The summed E-state index contributed by atoms with van der Waals surface area (Å²) in [6, 6.07) is 8.17. The SMILES string of the molecule is COc1ccc(CN(C(=O)CN2CCCCCC2=O)C2CC2)cc1. The molecule has 1 saturated carbocycles. The van der Waals surface area contributed by atoms with Gasteiger partial charge in [0.1, 0.15) is 5.75 Å². The summed E-state index contributed by atoms with van der Waals surface area (Å²) < 4.78 is 5.18. The molecule has 3 rings (SSSR count). The molecule has 130 valence electrons. The first-order valence-corrected chi connectivity index (χ1v) is 8.87. The van der Waals surface area contributed by atoms with E-state index >= 15 is 0 Å². The summed E-state index contributed by atoms with van der Waals surface area (Å²) >= 11 is 0. The van der Waals surface area contributed by atoms with Gasteiger partial charge in [0.25, 0.3) is 0 Å². The van der Waals surface area contributed by atoms with Crippen molar-refractivity contribution >= 4 is 11.8 Å². The van der Waals surface area contributed by atoms with Gasteiger partial charge in [-0.25, -0.2) is 0 Å². The predicted molar refractivity (Wildman–Crippen MR) is 91.6 cm³/mol. The molecule has 2 aliphatic rings. The second-order valence-corrected chi connectivity index (χ2v) is 6.73. The molecule has 1 aromatic rings. The number of benzene rings is 1. The number of amides is 2. The maximum absolute atomic E-state index is 12.8. The van der Waals surface area contributed by atoms with Crippen molar-refractivity contribution in [1.29, 1.82) is 0 Å². The van der Waals surface area contributed by atoms with Crippen molar-refractivity contribution in [3.05, 3.63) is 29.8 Å². The molecule has 1 saturated heterocycles. The molecule has 1 aliphatic heterocycles. The third kappa shape index (κ3) is 4.28. The van der Waals surface area contributed by atoms with Gasteiger partial charge in [-0.1, -0.05) is 18.6 Å². The van der Waals surface area contributed by atoms with E-state index in [9.17, 15) is 9.59 Å². The Morgan fingerprint density at radius 3 is 2.62 bits per heavy atom. The molecule has 0 unspecified atom stereocenters. The molecule has 5 heteroatoms. The Hall–Kier alpha value is -2.04. The first-order chi connectivity index (χ1) is 11.7. The molecule has 0 N–H and O–H groups in total. The van der Waals surface area contributed by atoms with Crippen molar-refractivity contribution in [3.63, 3.8) is 0 Å². The largest absolute Gasteiger partial charge is 0.497 e. The molecular weight excluding hydrogens is 304 g/mol. The van der Waals surface area contributed by atoms with E-state index < -0.39 is 0 Å². The fourth-order valence-electron chi connectivity index (χ4n) is 3.19. The lowest BCUT2D eigenvalue weighted by atomic mass is 10.2. The number of likely N-dealkylation sites (tertiary alicyclic amines) is 1. The molecule has 0 atom stereocenters. The third-order valence-electron chi connectivity index (χ3n) is 4.82. The van der Waals surface area contributed by atoms with Gasteiger partial charge < -0.3 is 14.5 Å². The van der Waals surface area contributed by atoms with Crippen LogP contribution in [0.15, 0.2) is 24.3 Å². The highest BCUT2D eigenvalue weighted by Gasteiger charge is 2.33. The summed E-state index contributed by atoms with van der Waals surface area (Å²) in [5, 5.41) is 0. The van der Waals surface area contributed by atoms with Gasteiger partial charge >= 0.3 is 0 Å². The molecule has 24 heavy (non-hydrogen) atoms. The van der Waals surface area contributed by atoms with Crippen LogP contribution in [-0.2, 0) is 16.1 Å². The zero-order chi connectivity index (χ0) is 16.9. The smallest absolute Gasteiger partial charge is 0.242 e. The fraction of sp³-hybridized carbons (Fsp3) is 0.579. The molecule has 0 radical (unpaired) electrons. The Morgan fingerprint density at radius 2 is 1.96 bits per heavy atom. The molecule has 5 nitrogen and oxygen atoms in total. The predicted octanol–water partition coefficient (Wildman–Crippen LogP) is 2.59. The van der Waals surface area contributed by atoms with Gasteiger partial charge in [-0.05, 0) is 43.4 Å². The molecule has 0 bridgehead atoms. The lowest BCUT2D eigenvalue weighted by Gasteiger charge is -2.27. The highest BCUT2D eigenvalue weighted by Crippen LogP contribution is 2.29. The fourth-order valence-corrected chi connectivity index (χ4v) is 3.19. The summed E-state index contributed by atoms with van der Waals surface area (Å²) in [7, 11) is 1.65. The van der Waals surface area contributed by atoms with Crippen LogP contribution < -0.4 is 4.74 Å². The Labute approximate surface area is 143 Å². The van der Waals surface area contributed by atoms with Crippen molar-refractivity contribution in [2.45, 2.75) is 51.1 Å². The molecular formula is C19H26N2O3. The molecule has 2 amide bonds. The topological polar surface area (TPSA) is 49.9 Å². The van der Waals surface area contributed by atoms with Crippen molar-refractivity contribution in [2.75, 3.05) is 20.2 Å². The Morgan fingerprint density at radius 1 is 1.21 bits per heavy atom. The van der Waals surface area contributed by atoms with Gasteiger partial charge in [0.2, 0.25) is 11.8 Å². The molecule has 1 aromatic carbocycles. The van der Waals surface area contributed by atoms with Crippen LogP contribution in [0.2, 0.25) is 0 Å². The maximum Gasteiger partial charge on any atom is 0.242 e. The molecule has 0 aromatic heterocycles. The number of ether oxygens (including phenoxy) is 1. The van der Waals surface area contributed by atoms with Crippen LogP contribution in [-0.4, -0.2) is 47.9 Å². The zero-order valence-corrected chi connectivity index (χ0v) is 14.4. The van der Waals surface area contributed by atoms with Crippen LogP contribution in [0.3, 0.4) is 0 Å². The first-order valence-electron chi connectivity index (χ1n) is 8.87. The summed E-state index contributed by atoms with van der Waals surface area (Å²) in [6.45, 7) is 1.55. The minimum absolute atomic E-state index is 0.0727. The van der Waals surface area contributed by atoms with Crippen LogP contribution >= 0.6 is 0 Å². The number of rotatable bonds is 6. The van der Waals surface area contributed by atoms with E-state index in [1.807, 2.05) is 29.2 Å². The lowest BCUT2D eigenvalue weighted by molar-refractivity contribution is -0.140. The second-order valence-electron chi connectivity index (χ2n) is 6.73. The minimum atomic E-state index is 0.0727. The van der Waals surface area contributed by atoms with E-state index in [1.165, 1.54) is 0 Å². The molecule has 0 spiro atoms. The first kappa shape index (κ1) is 16.8. The summed E-state index contributed by atoms with van der Waals surface area (Å²) in [5.74, 6) is 1.02. The average Bonchev–Trinajstić information content (AvgIpc) is 3.43. The van der Waals surface area contributed by atoms with Crippen molar-refractivity contribution < 1.29 is 14.3 Å². The number of methoxy groups -OCH3 is 1. The van der Waals surface area contributed by atoms with E-state index in [2.05, 4.69) is 0 Å². The summed E-state index contributed by atoms with van der Waals surface area (Å²) in [6.07, 6.45) is 5.73. The van der Waals surface area contributed by atoms with Gasteiger partial charge in [0.15, 0.2) is 0 Å². The third-order valence-corrected chi connectivity index (χ3v) is 4.82. The molecule has 1 heterocycles. The van der Waals surface area contributed by atoms with E-state index in [0.717, 1.165) is 43.4 Å². The van der Waals surface area contributed by atoms with Gasteiger partial charge in [-0.3, -0.25) is 9.59 Å². The number of nitrogens with zero attached hydrogens (tertiary/aromatic N) is 2. The normalized spacial score (nSPS) is 18.2. The minimum Gasteiger partial charge on any atom is -0.497 e. The molecule has 1 aliphatic carbocycles. The van der Waals surface area contributed by atoms with Crippen LogP contribution in [0.25, 0.3) is 0 Å². The summed E-state index contributed by atoms with van der Waals surface area (Å²) in [5.41, 5.74) is 1.10. The Kier molecular flexibility index (Phi) is 5.38. The lowest BCUT2D eigenvalue weighted by Crippen LogP contribution is -2.43. The van der Waals surface area contributed by atoms with E-state index in [4.69, 9.17) is 4.74 Å². The highest BCUT2D eigenvalue weighted by molar-refractivity contribution is 5.85. The van der Waals surface area contributed by atoms with E-state index in [0.29, 0.717) is 25.6 Å². The number of hydrogen-bond acceptors (Lipinski definition) is 3.